The molecule has 2 amide bonds. The highest BCUT2D eigenvalue weighted by Gasteiger charge is 2.33. The molecular formula is C31H38ClN3O4S. The molecule has 0 aliphatic heterocycles. The van der Waals surface area contributed by atoms with Gasteiger partial charge in [-0.05, 0) is 62.6 Å². The number of unbranched alkanes of at least 4 members (excludes halogenated alkanes) is 1. The van der Waals surface area contributed by atoms with Crippen molar-refractivity contribution in [2.24, 2.45) is 0 Å². The lowest BCUT2D eigenvalue weighted by molar-refractivity contribution is -0.140. The van der Waals surface area contributed by atoms with Crippen molar-refractivity contribution < 1.29 is 18.0 Å². The molecular weight excluding hydrogens is 546 g/mol. The molecule has 1 atom stereocenters. The smallest absolute Gasteiger partial charge is 0.264 e. The number of benzene rings is 3. The molecule has 0 aromatic heterocycles. The van der Waals surface area contributed by atoms with Crippen LogP contribution in [0.4, 0.5) is 5.69 Å². The van der Waals surface area contributed by atoms with Crippen LogP contribution >= 0.6 is 11.6 Å². The molecule has 0 aliphatic rings. The van der Waals surface area contributed by atoms with Gasteiger partial charge in [0.2, 0.25) is 11.8 Å². The average molecular weight is 584 g/mol. The van der Waals surface area contributed by atoms with Crippen LogP contribution in [-0.2, 0) is 26.2 Å². The standard InChI is InChI=1S/C31H38ClN3O4S/c1-5-7-19-33-31(37)29(6-2)34(21-25-15-11-23(3)12-16-25)30(36)22-35(27-10-8-9-26(32)20-27)40(38,39)28-17-13-24(4)14-18-28/h8-18,20,29H,5-7,19,21-22H2,1-4H3,(H,33,37)/t29-/m0/s1. The Bertz CT molecular complexity index is 1390. The molecule has 0 spiro atoms. The van der Waals surface area contributed by atoms with Crippen molar-refractivity contribution >= 4 is 39.1 Å². The van der Waals surface area contributed by atoms with Gasteiger partial charge in [0, 0.05) is 18.1 Å². The molecule has 0 bridgehead atoms. The van der Waals surface area contributed by atoms with E-state index in [-0.39, 0.29) is 23.0 Å². The van der Waals surface area contributed by atoms with E-state index in [2.05, 4.69) is 5.32 Å². The molecule has 9 heteroatoms. The minimum absolute atomic E-state index is 0.0558. The summed E-state index contributed by atoms with van der Waals surface area (Å²) in [5.41, 5.74) is 3.09. The van der Waals surface area contributed by atoms with Crippen LogP contribution in [0.2, 0.25) is 5.02 Å². The van der Waals surface area contributed by atoms with Gasteiger partial charge in [-0.3, -0.25) is 13.9 Å². The lowest BCUT2D eigenvalue weighted by Gasteiger charge is -2.33. The van der Waals surface area contributed by atoms with Gasteiger partial charge in [-0.15, -0.1) is 0 Å². The van der Waals surface area contributed by atoms with E-state index in [0.29, 0.717) is 18.0 Å². The number of anilines is 1. The van der Waals surface area contributed by atoms with Crippen LogP contribution in [0.5, 0.6) is 0 Å². The van der Waals surface area contributed by atoms with Crippen molar-refractivity contribution in [2.45, 2.75) is 64.4 Å². The lowest BCUT2D eigenvalue weighted by Crippen LogP contribution is -2.52. The number of nitrogens with one attached hydrogen (secondary N) is 1. The van der Waals surface area contributed by atoms with Crippen LogP contribution in [-0.4, -0.2) is 44.3 Å². The highest BCUT2D eigenvalue weighted by Crippen LogP contribution is 2.27. The first-order valence-electron chi connectivity index (χ1n) is 13.5. The highest BCUT2D eigenvalue weighted by molar-refractivity contribution is 7.92. The number of sulfonamides is 1. The Balaban J connectivity index is 2.03. The molecule has 214 valence electrons. The van der Waals surface area contributed by atoms with Crippen molar-refractivity contribution in [3.63, 3.8) is 0 Å². The third-order valence-electron chi connectivity index (χ3n) is 6.67. The number of halogens is 1. The van der Waals surface area contributed by atoms with Gasteiger partial charge in [0.05, 0.1) is 10.6 Å². The van der Waals surface area contributed by atoms with E-state index in [4.69, 9.17) is 11.6 Å². The van der Waals surface area contributed by atoms with Crippen molar-refractivity contribution in [1.29, 1.82) is 0 Å². The minimum atomic E-state index is -4.14. The molecule has 0 heterocycles. The molecule has 1 N–H and O–H groups in total. The number of rotatable bonds is 13. The summed E-state index contributed by atoms with van der Waals surface area (Å²) in [6.45, 7) is 7.89. The fourth-order valence-corrected chi connectivity index (χ4v) is 5.90. The van der Waals surface area contributed by atoms with Crippen LogP contribution in [0.25, 0.3) is 0 Å². The zero-order valence-electron chi connectivity index (χ0n) is 23.6. The van der Waals surface area contributed by atoms with E-state index in [9.17, 15) is 18.0 Å². The quantitative estimate of drug-likeness (QED) is 0.255. The summed E-state index contributed by atoms with van der Waals surface area (Å²) in [5, 5.41) is 3.28. The van der Waals surface area contributed by atoms with Crippen LogP contribution in [0.15, 0.2) is 77.7 Å². The summed E-state index contributed by atoms with van der Waals surface area (Å²) >= 11 is 6.23. The van der Waals surface area contributed by atoms with E-state index in [1.807, 2.05) is 52.0 Å². The molecule has 0 radical (unpaired) electrons. The predicted octanol–water partition coefficient (Wildman–Crippen LogP) is 5.88. The second-order valence-corrected chi connectivity index (χ2v) is 12.2. The van der Waals surface area contributed by atoms with Gasteiger partial charge in [0.25, 0.3) is 10.0 Å². The number of hydrogen-bond donors (Lipinski definition) is 1. The first-order chi connectivity index (χ1) is 19.1. The Labute approximate surface area is 243 Å². The lowest BCUT2D eigenvalue weighted by atomic mass is 10.1. The number of carbonyl (C=O) groups is 2. The molecule has 7 nitrogen and oxygen atoms in total. The number of aryl methyl sites for hydroxylation is 2. The second-order valence-electron chi connectivity index (χ2n) is 9.88. The normalized spacial score (nSPS) is 12.0. The largest absolute Gasteiger partial charge is 0.354 e. The van der Waals surface area contributed by atoms with Gasteiger partial charge in [-0.25, -0.2) is 8.42 Å². The van der Waals surface area contributed by atoms with Gasteiger partial charge in [0.15, 0.2) is 0 Å². The van der Waals surface area contributed by atoms with Crippen molar-refractivity contribution in [1.82, 2.24) is 10.2 Å². The van der Waals surface area contributed by atoms with Gasteiger partial charge in [-0.2, -0.15) is 0 Å². The maximum absolute atomic E-state index is 14.1. The van der Waals surface area contributed by atoms with Gasteiger partial charge in [0.1, 0.15) is 12.6 Å². The fraction of sp³-hybridized carbons (Fsp3) is 0.355. The van der Waals surface area contributed by atoms with Crippen LogP contribution in [0.1, 0.15) is 49.8 Å². The van der Waals surface area contributed by atoms with E-state index < -0.39 is 28.5 Å². The summed E-state index contributed by atoms with van der Waals surface area (Å²) in [7, 11) is -4.14. The monoisotopic (exact) mass is 583 g/mol. The summed E-state index contributed by atoms with van der Waals surface area (Å²) in [4.78, 5) is 28.8. The minimum Gasteiger partial charge on any atom is -0.354 e. The zero-order valence-corrected chi connectivity index (χ0v) is 25.1. The van der Waals surface area contributed by atoms with Crippen LogP contribution in [0, 0.1) is 13.8 Å². The topological polar surface area (TPSA) is 86.8 Å². The summed E-state index contributed by atoms with van der Waals surface area (Å²) in [6.07, 6.45) is 2.12. The first kappa shape index (κ1) is 31.2. The summed E-state index contributed by atoms with van der Waals surface area (Å²) in [5.74, 6) is -0.749. The Morgan fingerprint density at radius 3 is 2.12 bits per heavy atom. The van der Waals surface area contributed by atoms with E-state index in [1.165, 1.54) is 23.1 Å². The molecule has 0 fully saturated rings. The Morgan fingerprint density at radius 2 is 1.55 bits per heavy atom. The first-order valence-corrected chi connectivity index (χ1v) is 15.4. The molecule has 3 aromatic rings. The Morgan fingerprint density at radius 1 is 0.925 bits per heavy atom. The van der Waals surface area contributed by atoms with Gasteiger partial charge < -0.3 is 10.2 Å². The summed E-state index contributed by atoms with van der Waals surface area (Å²) in [6, 6.07) is 19.8. The van der Waals surface area contributed by atoms with Crippen LogP contribution < -0.4 is 9.62 Å². The molecule has 0 unspecified atom stereocenters. The molecule has 0 saturated carbocycles. The van der Waals surface area contributed by atoms with E-state index in [0.717, 1.165) is 33.8 Å². The predicted molar refractivity (Wildman–Crippen MR) is 161 cm³/mol. The Kier molecular flexibility index (Phi) is 11.2. The molecule has 3 aromatic carbocycles. The highest BCUT2D eigenvalue weighted by atomic mass is 35.5. The fourth-order valence-electron chi connectivity index (χ4n) is 4.31. The number of amides is 2. The third-order valence-corrected chi connectivity index (χ3v) is 8.70. The third kappa shape index (κ3) is 8.08. The maximum atomic E-state index is 14.1. The summed E-state index contributed by atoms with van der Waals surface area (Å²) < 4.78 is 28.8. The Hall–Kier alpha value is -3.36. The second kappa shape index (κ2) is 14.3. The van der Waals surface area contributed by atoms with Crippen molar-refractivity contribution in [2.75, 3.05) is 17.4 Å². The number of nitrogens with zero attached hydrogens (tertiary/aromatic N) is 2. The molecule has 0 aliphatic carbocycles. The molecule has 3 rings (SSSR count). The van der Waals surface area contributed by atoms with Gasteiger partial charge >= 0.3 is 0 Å². The van der Waals surface area contributed by atoms with Crippen molar-refractivity contribution in [3.8, 4) is 0 Å². The SMILES string of the molecule is CCCCNC(=O)[C@H](CC)N(Cc1ccc(C)cc1)C(=O)CN(c1cccc(Cl)c1)S(=O)(=O)c1ccc(C)cc1. The van der Waals surface area contributed by atoms with Gasteiger partial charge in [-0.1, -0.05) is 85.5 Å². The number of carbonyl (C=O) groups excluding carboxylic acids is 2. The van der Waals surface area contributed by atoms with Crippen LogP contribution in [0.3, 0.4) is 0 Å². The zero-order chi connectivity index (χ0) is 29.3. The van der Waals surface area contributed by atoms with Crippen molar-refractivity contribution in [3.05, 3.63) is 94.5 Å². The molecule has 0 saturated heterocycles. The van der Waals surface area contributed by atoms with E-state index in [1.54, 1.807) is 30.3 Å². The maximum Gasteiger partial charge on any atom is 0.264 e. The number of hydrogen-bond acceptors (Lipinski definition) is 4. The average Bonchev–Trinajstić information content (AvgIpc) is 2.93. The van der Waals surface area contributed by atoms with E-state index >= 15 is 0 Å². The molecule has 40 heavy (non-hydrogen) atoms.